The van der Waals surface area contributed by atoms with Crippen LogP contribution in [0, 0.1) is 0 Å². The molecule has 0 saturated heterocycles. The highest BCUT2D eigenvalue weighted by Gasteiger charge is 2.10. The Morgan fingerprint density at radius 3 is 2.71 bits per heavy atom. The second-order valence-electron chi connectivity index (χ2n) is 4.74. The summed E-state index contributed by atoms with van der Waals surface area (Å²) in [5.41, 5.74) is 0. The highest BCUT2D eigenvalue weighted by molar-refractivity contribution is 7.12. The van der Waals surface area contributed by atoms with Gasteiger partial charge in [-0.25, -0.2) is 0 Å². The van der Waals surface area contributed by atoms with Crippen molar-refractivity contribution < 1.29 is 19.5 Å². The van der Waals surface area contributed by atoms with E-state index in [-0.39, 0.29) is 37.2 Å². The first kappa shape index (κ1) is 17.2. The summed E-state index contributed by atoms with van der Waals surface area (Å²) in [6.07, 6.45) is 1.48. The Balaban J connectivity index is 2.13. The summed E-state index contributed by atoms with van der Waals surface area (Å²) < 4.78 is 0. The van der Waals surface area contributed by atoms with Crippen LogP contribution in [0.25, 0.3) is 0 Å². The molecule has 1 atom stereocenters. The van der Waals surface area contributed by atoms with Crippen LogP contribution >= 0.6 is 11.3 Å². The van der Waals surface area contributed by atoms with Gasteiger partial charge in [-0.2, -0.15) is 0 Å². The normalized spacial score (nSPS) is 11.7. The van der Waals surface area contributed by atoms with Crippen molar-refractivity contribution >= 4 is 29.1 Å². The van der Waals surface area contributed by atoms with Crippen molar-refractivity contribution in [3.8, 4) is 0 Å². The van der Waals surface area contributed by atoms with Crippen molar-refractivity contribution in [1.29, 1.82) is 0 Å². The third kappa shape index (κ3) is 7.45. The van der Waals surface area contributed by atoms with E-state index in [1.54, 1.807) is 12.1 Å². The lowest BCUT2D eigenvalue weighted by Crippen LogP contribution is -2.35. The number of hydrogen-bond acceptors (Lipinski definition) is 4. The minimum absolute atomic E-state index is 0.0650. The summed E-state index contributed by atoms with van der Waals surface area (Å²) in [4.78, 5) is 34.3. The van der Waals surface area contributed by atoms with Crippen molar-refractivity contribution in [2.24, 2.45) is 0 Å². The molecule has 0 fully saturated rings. The van der Waals surface area contributed by atoms with Gasteiger partial charge in [0.05, 0.1) is 4.88 Å². The first-order valence-electron chi connectivity index (χ1n) is 6.82. The maximum absolute atomic E-state index is 11.6. The Morgan fingerprint density at radius 2 is 2.10 bits per heavy atom. The number of aliphatic carboxylic acids is 1. The van der Waals surface area contributed by atoms with Crippen molar-refractivity contribution in [1.82, 2.24) is 10.6 Å². The van der Waals surface area contributed by atoms with Crippen LogP contribution in [0.2, 0.25) is 0 Å². The number of carbonyl (C=O) groups is 3. The predicted molar refractivity (Wildman–Crippen MR) is 80.4 cm³/mol. The molecule has 0 aromatic carbocycles. The first-order chi connectivity index (χ1) is 9.99. The number of carboxylic acids is 1. The van der Waals surface area contributed by atoms with Gasteiger partial charge in [0.1, 0.15) is 0 Å². The monoisotopic (exact) mass is 312 g/mol. The van der Waals surface area contributed by atoms with Gasteiger partial charge >= 0.3 is 5.97 Å². The molecular formula is C14H20N2O4S. The lowest BCUT2D eigenvalue weighted by atomic mass is 10.1. The smallest absolute Gasteiger partial charge is 0.303 e. The van der Waals surface area contributed by atoms with Crippen LogP contribution in [0.5, 0.6) is 0 Å². The highest BCUT2D eigenvalue weighted by Crippen LogP contribution is 2.07. The number of carboxylic acid groups (broad SMARTS) is 1. The summed E-state index contributed by atoms with van der Waals surface area (Å²) >= 11 is 1.35. The quantitative estimate of drug-likeness (QED) is 0.646. The molecule has 6 nitrogen and oxygen atoms in total. The molecule has 0 aliphatic carbocycles. The average Bonchev–Trinajstić information content (AvgIpc) is 2.91. The minimum atomic E-state index is -0.829. The first-order valence-corrected chi connectivity index (χ1v) is 7.70. The molecule has 1 rings (SSSR count). The third-order valence-corrected chi connectivity index (χ3v) is 3.69. The maximum atomic E-state index is 11.6. The average molecular weight is 312 g/mol. The van der Waals surface area contributed by atoms with Gasteiger partial charge in [-0.05, 0) is 31.2 Å². The molecule has 0 radical (unpaired) electrons. The van der Waals surface area contributed by atoms with Crippen LogP contribution in [0.3, 0.4) is 0 Å². The molecule has 7 heteroatoms. The van der Waals surface area contributed by atoms with E-state index in [9.17, 15) is 14.4 Å². The summed E-state index contributed by atoms with van der Waals surface area (Å²) in [6.45, 7) is 2.12. The summed E-state index contributed by atoms with van der Waals surface area (Å²) in [6, 6.07) is 3.46. The molecule has 0 aliphatic rings. The van der Waals surface area contributed by atoms with Gasteiger partial charge in [0.15, 0.2) is 0 Å². The van der Waals surface area contributed by atoms with E-state index in [0.717, 1.165) is 0 Å². The highest BCUT2D eigenvalue weighted by atomic mass is 32.1. The van der Waals surface area contributed by atoms with Crippen molar-refractivity contribution in [3.63, 3.8) is 0 Å². The molecule has 0 aliphatic heterocycles. The topological polar surface area (TPSA) is 95.5 Å². The van der Waals surface area contributed by atoms with Gasteiger partial charge in [0, 0.05) is 25.4 Å². The van der Waals surface area contributed by atoms with E-state index >= 15 is 0 Å². The Labute approximate surface area is 127 Å². The zero-order valence-electron chi connectivity index (χ0n) is 11.9. The fourth-order valence-electron chi connectivity index (χ4n) is 1.76. The fraction of sp³-hybridized carbons (Fsp3) is 0.500. The molecule has 116 valence electrons. The predicted octanol–water partition coefficient (Wildman–Crippen LogP) is 1.63. The van der Waals surface area contributed by atoms with Gasteiger partial charge in [-0.1, -0.05) is 6.07 Å². The Kier molecular flexibility index (Phi) is 7.45. The second-order valence-corrected chi connectivity index (χ2v) is 5.69. The Hall–Kier alpha value is -1.89. The van der Waals surface area contributed by atoms with Gasteiger partial charge in [0.25, 0.3) is 5.91 Å². The van der Waals surface area contributed by atoms with Gasteiger partial charge in [-0.3, -0.25) is 14.4 Å². The Bertz CT molecular complexity index is 473. The third-order valence-electron chi connectivity index (χ3n) is 2.82. The zero-order valence-corrected chi connectivity index (χ0v) is 12.7. The van der Waals surface area contributed by atoms with E-state index in [0.29, 0.717) is 17.7 Å². The van der Waals surface area contributed by atoms with Crippen molar-refractivity contribution in [2.75, 3.05) is 6.54 Å². The SMILES string of the molecule is CC(CCCC(=O)O)NC(=O)CCNC(=O)c1cccs1. The summed E-state index contributed by atoms with van der Waals surface area (Å²) in [5, 5.41) is 15.8. The molecule has 1 aromatic heterocycles. The van der Waals surface area contributed by atoms with Crippen molar-refractivity contribution in [2.45, 2.75) is 38.6 Å². The number of thiophene rings is 1. The lowest BCUT2D eigenvalue weighted by Gasteiger charge is -2.13. The zero-order chi connectivity index (χ0) is 15.7. The number of carbonyl (C=O) groups excluding carboxylic acids is 2. The molecule has 1 aromatic rings. The number of amides is 2. The largest absolute Gasteiger partial charge is 0.481 e. The maximum Gasteiger partial charge on any atom is 0.303 e. The number of hydrogen-bond donors (Lipinski definition) is 3. The Morgan fingerprint density at radius 1 is 1.33 bits per heavy atom. The van der Waals surface area contributed by atoms with E-state index in [4.69, 9.17) is 5.11 Å². The fourth-order valence-corrected chi connectivity index (χ4v) is 2.40. The molecule has 0 bridgehead atoms. The molecule has 3 N–H and O–H groups in total. The van der Waals surface area contributed by atoms with E-state index in [2.05, 4.69) is 10.6 Å². The van der Waals surface area contributed by atoms with Crippen LogP contribution in [-0.2, 0) is 9.59 Å². The minimum Gasteiger partial charge on any atom is -0.481 e. The summed E-state index contributed by atoms with van der Waals surface area (Å²) in [7, 11) is 0. The van der Waals surface area contributed by atoms with E-state index in [1.807, 2.05) is 12.3 Å². The van der Waals surface area contributed by atoms with Crippen LogP contribution in [-0.4, -0.2) is 35.5 Å². The molecule has 21 heavy (non-hydrogen) atoms. The second kappa shape index (κ2) is 9.12. The standard InChI is InChI=1S/C14H20N2O4S/c1-10(4-2-6-13(18)19)16-12(17)7-8-15-14(20)11-5-3-9-21-11/h3,5,9-10H,2,4,6-8H2,1H3,(H,15,20)(H,16,17)(H,18,19). The number of rotatable bonds is 9. The molecule has 0 saturated carbocycles. The lowest BCUT2D eigenvalue weighted by molar-refractivity contribution is -0.137. The van der Waals surface area contributed by atoms with Gasteiger partial charge in [0.2, 0.25) is 5.91 Å². The van der Waals surface area contributed by atoms with Crippen molar-refractivity contribution in [3.05, 3.63) is 22.4 Å². The molecular weight excluding hydrogens is 292 g/mol. The van der Waals surface area contributed by atoms with Crippen LogP contribution < -0.4 is 10.6 Å². The van der Waals surface area contributed by atoms with Gasteiger partial charge in [-0.15, -0.1) is 11.3 Å². The summed E-state index contributed by atoms with van der Waals surface area (Å²) in [5.74, 6) is -1.15. The number of nitrogens with one attached hydrogen (secondary N) is 2. The van der Waals surface area contributed by atoms with E-state index < -0.39 is 5.97 Å². The van der Waals surface area contributed by atoms with Gasteiger partial charge < -0.3 is 15.7 Å². The molecule has 1 unspecified atom stereocenters. The van der Waals surface area contributed by atoms with Crippen LogP contribution in [0.1, 0.15) is 42.3 Å². The van der Waals surface area contributed by atoms with Crippen LogP contribution in [0.4, 0.5) is 0 Å². The molecule has 0 spiro atoms. The molecule has 1 heterocycles. The van der Waals surface area contributed by atoms with E-state index in [1.165, 1.54) is 11.3 Å². The van der Waals surface area contributed by atoms with Crippen LogP contribution in [0.15, 0.2) is 17.5 Å². The molecule has 2 amide bonds.